The minimum absolute atomic E-state index is 0.254. The summed E-state index contributed by atoms with van der Waals surface area (Å²) in [6, 6.07) is 3.94. The third-order valence-corrected chi connectivity index (χ3v) is 3.53. The van der Waals surface area contributed by atoms with Gasteiger partial charge in [0, 0.05) is 25.0 Å². The molecule has 2 rings (SSSR count). The molecule has 1 saturated carbocycles. The lowest BCUT2D eigenvalue weighted by Crippen LogP contribution is -2.37. The predicted octanol–water partition coefficient (Wildman–Crippen LogP) is 2.49. The zero-order valence-electron chi connectivity index (χ0n) is 10.6. The van der Waals surface area contributed by atoms with Crippen LogP contribution in [0, 0.1) is 5.92 Å². The highest BCUT2D eigenvalue weighted by atomic mass is 19.4. The minimum Gasteiger partial charge on any atom is -0.398 e. The van der Waals surface area contributed by atoms with Crippen molar-refractivity contribution < 1.29 is 18.3 Å². The summed E-state index contributed by atoms with van der Waals surface area (Å²) in [7, 11) is 1.75. The third kappa shape index (κ3) is 3.12. The van der Waals surface area contributed by atoms with Crippen LogP contribution < -0.4 is 10.6 Å². The maximum Gasteiger partial charge on any atom is 0.418 e. The van der Waals surface area contributed by atoms with Crippen LogP contribution in [0.4, 0.5) is 24.5 Å². The molecule has 0 aliphatic heterocycles. The number of nitrogens with zero attached hydrogens (tertiary/aromatic N) is 1. The van der Waals surface area contributed by atoms with E-state index in [1.165, 1.54) is 6.07 Å². The Bertz CT molecular complexity index is 456. The Labute approximate surface area is 109 Å². The van der Waals surface area contributed by atoms with E-state index in [9.17, 15) is 18.3 Å². The maximum atomic E-state index is 12.8. The largest absolute Gasteiger partial charge is 0.418 e. The van der Waals surface area contributed by atoms with Crippen LogP contribution in [-0.4, -0.2) is 24.8 Å². The van der Waals surface area contributed by atoms with Gasteiger partial charge in [0.2, 0.25) is 0 Å². The van der Waals surface area contributed by atoms with Gasteiger partial charge in [-0.25, -0.2) is 0 Å². The van der Waals surface area contributed by atoms with Gasteiger partial charge in [-0.1, -0.05) is 0 Å². The number of alkyl halides is 3. The van der Waals surface area contributed by atoms with Gasteiger partial charge in [0.15, 0.2) is 0 Å². The van der Waals surface area contributed by atoms with Crippen molar-refractivity contribution in [2.45, 2.75) is 25.1 Å². The molecule has 0 unspecified atom stereocenters. The number of anilines is 2. The summed E-state index contributed by atoms with van der Waals surface area (Å²) in [5.74, 6) is 0.340. The van der Waals surface area contributed by atoms with E-state index >= 15 is 0 Å². The summed E-state index contributed by atoms with van der Waals surface area (Å²) in [5.41, 5.74) is 4.79. The van der Waals surface area contributed by atoms with Gasteiger partial charge in [-0.15, -0.1) is 0 Å². The molecule has 0 saturated heterocycles. The van der Waals surface area contributed by atoms with Gasteiger partial charge in [0.05, 0.1) is 11.7 Å². The molecule has 0 aromatic heterocycles. The molecule has 1 fully saturated rings. The van der Waals surface area contributed by atoms with Crippen molar-refractivity contribution in [3.63, 3.8) is 0 Å². The van der Waals surface area contributed by atoms with Crippen molar-refractivity contribution in [2.24, 2.45) is 5.92 Å². The fraction of sp³-hybridized carbons (Fsp3) is 0.538. The zero-order valence-corrected chi connectivity index (χ0v) is 10.6. The number of rotatable bonds is 3. The van der Waals surface area contributed by atoms with Crippen LogP contribution in [0.3, 0.4) is 0 Å². The number of halogens is 3. The lowest BCUT2D eigenvalue weighted by molar-refractivity contribution is -0.136. The smallest absolute Gasteiger partial charge is 0.398 e. The summed E-state index contributed by atoms with van der Waals surface area (Å²) in [5, 5.41) is 9.21. The average molecular weight is 274 g/mol. The van der Waals surface area contributed by atoms with Crippen molar-refractivity contribution in [2.75, 3.05) is 24.2 Å². The fourth-order valence-electron chi connectivity index (χ4n) is 2.37. The monoisotopic (exact) mass is 274 g/mol. The molecular weight excluding hydrogens is 257 g/mol. The Kier molecular flexibility index (Phi) is 3.62. The molecule has 0 atom stereocenters. The minimum atomic E-state index is -4.44. The van der Waals surface area contributed by atoms with Crippen LogP contribution in [-0.2, 0) is 6.18 Å². The Morgan fingerprint density at radius 1 is 1.37 bits per heavy atom. The van der Waals surface area contributed by atoms with E-state index < -0.39 is 11.7 Å². The van der Waals surface area contributed by atoms with Gasteiger partial charge in [0.1, 0.15) is 0 Å². The SMILES string of the molecule is CN(CC1CC(O)C1)c1ccc(N)c(C(F)(F)F)c1. The van der Waals surface area contributed by atoms with Gasteiger partial charge < -0.3 is 15.7 Å². The lowest BCUT2D eigenvalue weighted by atomic mass is 9.82. The average Bonchev–Trinajstić information content (AvgIpc) is 2.25. The molecular formula is C13H17F3N2O. The summed E-state index contributed by atoms with van der Waals surface area (Å²) in [6.07, 6.45) is -3.26. The third-order valence-electron chi connectivity index (χ3n) is 3.53. The van der Waals surface area contributed by atoms with E-state index in [2.05, 4.69) is 0 Å². The van der Waals surface area contributed by atoms with Crippen LogP contribution in [0.5, 0.6) is 0 Å². The normalized spacial score (nSPS) is 23.0. The first kappa shape index (κ1) is 14.0. The van der Waals surface area contributed by atoms with E-state index in [1.807, 2.05) is 0 Å². The lowest BCUT2D eigenvalue weighted by Gasteiger charge is -2.35. The van der Waals surface area contributed by atoms with Crippen LogP contribution in [0.15, 0.2) is 18.2 Å². The van der Waals surface area contributed by atoms with Crippen LogP contribution in [0.1, 0.15) is 18.4 Å². The van der Waals surface area contributed by atoms with Gasteiger partial charge in [-0.2, -0.15) is 13.2 Å². The molecule has 0 heterocycles. The first-order valence-corrected chi connectivity index (χ1v) is 6.13. The number of aliphatic hydroxyl groups excluding tert-OH is 1. The Morgan fingerprint density at radius 3 is 2.53 bits per heavy atom. The molecule has 19 heavy (non-hydrogen) atoms. The quantitative estimate of drug-likeness (QED) is 0.833. The molecule has 1 aromatic rings. The highest BCUT2D eigenvalue weighted by molar-refractivity contribution is 5.59. The molecule has 1 aromatic carbocycles. The number of nitrogens with two attached hydrogens (primary N) is 1. The molecule has 0 amide bonds. The molecule has 6 heteroatoms. The molecule has 0 bridgehead atoms. The van der Waals surface area contributed by atoms with Gasteiger partial charge >= 0.3 is 6.18 Å². The van der Waals surface area contributed by atoms with Crippen molar-refractivity contribution in [1.29, 1.82) is 0 Å². The van der Waals surface area contributed by atoms with Crippen LogP contribution in [0.25, 0.3) is 0 Å². The predicted molar refractivity (Wildman–Crippen MR) is 67.9 cm³/mol. The van der Waals surface area contributed by atoms with Crippen LogP contribution in [0.2, 0.25) is 0 Å². The zero-order chi connectivity index (χ0) is 14.2. The van der Waals surface area contributed by atoms with E-state index in [0.29, 0.717) is 31.0 Å². The topological polar surface area (TPSA) is 49.5 Å². The number of nitrogen functional groups attached to an aromatic ring is 1. The number of aliphatic hydroxyl groups is 1. The standard InChI is InChI=1S/C13H17F3N2O/c1-18(7-8-4-10(19)5-8)9-2-3-12(17)11(6-9)13(14,15)16/h2-3,6,8,10,19H,4-5,7,17H2,1H3. The van der Waals surface area contributed by atoms with E-state index in [4.69, 9.17) is 5.73 Å². The number of benzene rings is 1. The number of hydrogen-bond donors (Lipinski definition) is 2. The van der Waals surface area contributed by atoms with E-state index in [1.54, 1.807) is 18.0 Å². The van der Waals surface area contributed by atoms with E-state index in [-0.39, 0.29) is 11.8 Å². The van der Waals surface area contributed by atoms with Crippen molar-refractivity contribution in [1.82, 2.24) is 0 Å². The second-order valence-corrected chi connectivity index (χ2v) is 5.14. The maximum absolute atomic E-state index is 12.8. The van der Waals surface area contributed by atoms with Gasteiger partial charge in [-0.3, -0.25) is 0 Å². The summed E-state index contributed by atoms with van der Waals surface area (Å²) >= 11 is 0. The molecule has 1 aliphatic carbocycles. The second kappa shape index (κ2) is 4.92. The molecule has 0 radical (unpaired) electrons. The second-order valence-electron chi connectivity index (χ2n) is 5.14. The van der Waals surface area contributed by atoms with Crippen molar-refractivity contribution in [3.05, 3.63) is 23.8 Å². The highest BCUT2D eigenvalue weighted by Crippen LogP contribution is 2.36. The Hall–Kier alpha value is -1.43. The Morgan fingerprint density at radius 2 is 2.00 bits per heavy atom. The molecule has 1 aliphatic rings. The molecule has 106 valence electrons. The summed E-state index contributed by atoms with van der Waals surface area (Å²) in [6.45, 7) is 0.637. The van der Waals surface area contributed by atoms with Crippen molar-refractivity contribution in [3.8, 4) is 0 Å². The van der Waals surface area contributed by atoms with Crippen molar-refractivity contribution >= 4 is 11.4 Å². The first-order valence-electron chi connectivity index (χ1n) is 6.13. The molecule has 3 nitrogen and oxygen atoms in total. The van der Waals surface area contributed by atoms with Gasteiger partial charge in [-0.05, 0) is 37.0 Å². The molecule has 3 N–H and O–H groups in total. The number of hydrogen-bond acceptors (Lipinski definition) is 3. The highest BCUT2D eigenvalue weighted by Gasteiger charge is 2.34. The Balaban J connectivity index is 2.11. The first-order chi connectivity index (χ1) is 8.77. The van der Waals surface area contributed by atoms with E-state index in [0.717, 1.165) is 6.07 Å². The summed E-state index contributed by atoms with van der Waals surface area (Å²) in [4.78, 5) is 1.77. The fourth-order valence-corrected chi connectivity index (χ4v) is 2.37. The molecule has 0 spiro atoms. The van der Waals surface area contributed by atoms with Crippen LogP contribution >= 0.6 is 0 Å². The van der Waals surface area contributed by atoms with Gasteiger partial charge in [0.25, 0.3) is 0 Å². The summed E-state index contributed by atoms with van der Waals surface area (Å²) < 4.78 is 38.3.